The fraction of sp³-hybridized carbons (Fsp3) is 0.700. The van der Waals surface area contributed by atoms with Gasteiger partial charge in [-0.3, -0.25) is 14.9 Å². The van der Waals surface area contributed by atoms with Crippen LogP contribution < -0.4 is 10.6 Å². The van der Waals surface area contributed by atoms with Crippen LogP contribution in [0.3, 0.4) is 0 Å². The van der Waals surface area contributed by atoms with Gasteiger partial charge in [-0.1, -0.05) is 6.92 Å². The maximum atomic E-state index is 11.5. The lowest BCUT2D eigenvalue weighted by Crippen LogP contribution is -2.46. The maximum absolute atomic E-state index is 11.5. The van der Waals surface area contributed by atoms with Crippen LogP contribution in [0, 0.1) is 5.92 Å². The van der Waals surface area contributed by atoms with Gasteiger partial charge in [0.15, 0.2) is 0 Å². The van der Waals surface area contributed by atoms with E-state index in [-0.39, 0.29) is 17.6 Å². The Hall–Kier alpha value is -1.39. The van der Waals surface area contributed by atoms with Crippen LogP contribution in [0.25, 0.3) is 0 Å². The number of Topliss-reactive ketones (excluding diaryl/α,β-unsaturated/α-hetero) is 1. The first-order valence-electron chi connectivity index (χ1n) is 5.03. The SMILES string of the molecule is CCC(CC1(C)NC(=O)NC1=O)C(C)=O. The highest BCUT2D eigenvalue weighted by atomic mass is 16.2. The highest BCUT2D eigenvalue weighted by molar-refractivity contribution is 6.06. The minimum Gasteiger partial charge on any atom is -0.324 e. The maximum Gasteiger partial charge on any atom is 0.322 e. The van der Waals surface area contributed by atoms with Crippen molar-refractivity contribution >= 4 is 17.7 Å². The standard InChI is InChI=1S/C10H16N2O3/c1-4-7(6(2)13)5-10(3)8(14)11-9(15)12-10/h7H,4-5H2,1-3H3,(H2,11,12,14,15). The highest BCUT2D eigenvalue weighted by Gasteiger charge is 2.43. The second-order valence-corrected chi connectivity index (χ2v) is 4.16. The molecule has 0 saturated carbocycles. The monoisotopic (exact) mass is 212 g/mol. The third kappa shape index (κ3) is 2.34. The van der Waals surface area contributed by atoms with E-state index < -0.39 is 11.6 Å². The van der Waals surface area contributed by atoms with Gasteiger partial charge < -0.3 is 5.32 Å². The fourth-order valence-corrected chi connectivity index (χ4v) is 1.79. The van der Waals surface area contributed by atoms with Crippen molar-refractivity contribution < 1.29 is 14.4 Å². The van der Waals surface area contributed by atoms with Crippen LogP contribution >= 0.6 is 0 Å². The first-order valence-corrected chi connectivity index (χ1v) is 5.03. The van der Waals surface area contributed by atoms with E-state index in [4.69, 9.17) is 0 Å². The lowest BCUT2D eigenvalue weighted by molar-refractivity contribution is -0.125. The van der Waals surface area contributed by atoms with Crippen molar-refractivity contribution in [3.63, 3.8) is 0 Å². The highest BCUT2D eigenvalue weighted by Crippen LogP contribution is 2.23. The van der Waals surface area contributed by atoms with Gasteiger partial charge in [0.25, 0.3) is 5.91 Å². The molecule has 2 atom stereocenters. The van der Waals surface area contributed by atoms with E-state index in [2.05, 4.69) is 10.6 Å². The summed E-state index contributed by atoms with van der Waals surface area (Å²) in [4.78, 5) is 33.7. The number of carbonyl (C=O) groups is 3. The molecule has 2 unspecified atom stereocenters. The minimum atomic E-state index is -0.941. The second kappa shape index (κ2) is 4.00. The summed E-state index contributed by atoms with van der Waals surface area (Å²) in [5, 5.41) is 4.72. The van der Waals surface area contributed by atoms with Gasteiger partial charge in [0.05, 0.1) is 0 Å². The van der Waals surface area contributed by atoms with Crippen LogP contribution in [0.1, 0.15) is 33.6 Å². The molecule has 1 aliphatic rings. The largest absolute Gasteiger partial charge is 0.324 e. The molecule has 0 radical (unpaired) electrons. The Morgan fingerprint density at radius 3 is 2.40 bits per heavy atom. The Labute approximate surface area is 88.6 Å². The molecule has 0 aromatic carbocycles. The smallest absolute Gasteiger partial charge is 0.322 e. The van der Waals surface area contributed by atoms with Crippen LogP contribution in [0.15, 0.2) is 0 Å². The summed E-state index contributed by atoms with van der Waals surface area (Å²) < 4.78 is 0. The first-order chi connectivity index (χ1) is 6.89. The van der Waals surface area contributed by atoms with E-state index >= 15 is 0 Å². The number of nitrogens with one attached hydrogen (secondary N) is 2. The molecule has 84 valence electrons. The van der Waals surface area contributed by atoms with Crippen LogP contribution in [0.2, 0.25) is 0 Å². The van der Waals surface area contributed by atoms with Gasteiger partial charge in [0, 0.05) is 5.92 Å². The lowest BCUT2D eigenvalue weighted by atomic mass is 9.85. The summed E-state index contributed by atoms with van der Waals surface area (Å²) in [6, 6.07) is -0.485. The molecule has 0 aliphatic carbocycles. The van der Waals surface area contributed by atoms with Crippen molar-refractivity contribution in [2.45, 2.75) is 39.2 Å². The number of rotatable bonds is 4. The van der Waals surface area contributed by atoms with Crippen molar-refractivity contribution in [2.24, 2.45) is 5.92 Å². The lowest BCUT2D eigenvalue weighted by Gasteiger charge is -2.24. The van der Waals surface area contributed by atoms with Gasteiger partial charge in [-0.05, 0) is 26.7 Å². The third-order valence-electron chi connectivity index (χ3n) is 2.84. The van der Waals surface area contributed by atoms with E-state index in [1.165, 1.54) is 6.92 Å². The van der Waals surface area contributed by atoms with E-state index in [0.717, 1.165) is 0 Å². The molecule has 1 rings (SSSR count). The summed E-state index contributed by atoms with van der Waals surface area (Å²) in [6.45, 7) is 5.04. The molecule has 0 spiro atoms. The fourth-order valence-electron chi connectivity index (χ4n) is 1.79. The normalized spacial score (nSPS) is 27.1. The van der Waals surface area contributed by atoms with Gasteiger partial charge in [-0.25, -0.2) is 4.79 Å². The topological polar surface area (TPSA) is 75.3 Å². The van der Waals surface area contributed by atoms with Crippen LogP contribution in [0.4, 0.5) is 4.79 Å². The summed E-state index contributed by atoms with van der Waals surface area (Å²) in [6.07, 6.45) is 1.03. The van der Waals surface area contributed by atoms with E-state index in [1.54, 1.807) is 6.92 Å². The van der Waals surface area contributed by atoms with Crippen LogP contribution in [-0.4, -0.2) is 23.3 Å². The molecule has 5 heteroatoms. The number of carbonyl (C=O) groups excluding carboxylic acids is 3. The number of amides is 3. The molecule has 1 aliphatic heterocycles. The van der Waals surface area contributed by atoms with Gasteiger partial charge >= 0.3 is 6.03 Å². The number of hydrogen-bond donors (Lipinski definition) is 2. The van der Waals surface area contributed by atoms with Gasteiger partial charge in [-0.15, -0.1) is 0 Å². The van der Waals surface area contributed by atoms with Crippen molar-refractivity contribution in [2.75, 3.05) is 0 Å². The predicted octanol–water partition coefficient (Wildman–Crippen LogP) is 0.590. The van der Waals surface area contributed by atoms with E-state index in [0.29, 0.717) is 12.8 Å². The Balaban J connectivity index is 2.75. The van der Waals surface area contributed by atoms with Crippen molar-refractivity contribution in [3.05, 3.63) is 0 Å². The second-order valence-electron chi connectivity index (χ2n) is 4.16. The summed E-state index contributed by atoms with van der Waals surface area (Å²) in [5.41, 5.74) is -0.941. The molecule has 5 nitrogen and oxygen atoms in total. The Morgan fingerprint density at radius 1 is 1.47 bits per heavy atom. The summed E-state index contributed by atoms with van der Waals surface area (Å²) in [7, 11) is 0. The molecule has 15 heavy (non-hydrogen) atoms. The predicted molar refractivity (Wildman–Crippen MR) is 54.2 cm³/mol. The van der Waals surface area contributed by atoms with E-state index in [9.17, 15) is 14.4 Å². The zero-order valence-electron chi connectivity index (χ0n) is 9.22. The molecule has 3 amide bonds. The Morgan fingerprint density at radius 2 is 2.07 bits per heavy atom. The molecular formula is C10H16N2O3. The average molecular weight is 212 g/mol. The minimum absolute atomic E-state index is 0.0488. The Bertz CT molecular complexity index is 314. The average Bonchev–Trinajstić information content (AvgIpc) is 2.36. The van der Waals surface area contributed by atoms with Gasteiger partial charge in [-0.2, -0.15) is 0 Å². The number of imide groups is 1. The third-order valence-corrected chi connectivity index (χ3v) is 2.84. The molecule has 1 saturated heterocycles. The number of urea groups is 1. The van der Waals surface area contributed by atoms with Gasteiger partial charge in [0.1, 0.15) is 11.3 Å². The van der Waals surface area contributed by atoms with Crippen LogP contribution in [-0.2, 0) is 9.59 Å². The molecule has 0 aromatic rings. The van der Waals surface area contributed by atoms with Crippen molar-refractivity contribution in [1.82, 2.24) is 10.6 Å². The molecule has 2 N–H and O–H groups in total. The molecule has 1 fully saturated rings. The van der Waals surface area contributed by atoms with Crippen LogP contribution in [0.5, 0.6) is 0 Å². The van der Waals surface area contributed by atoms with Crippen molar-refractivity contribution in [3.8, 4) is 0 Å². The molecule has 0 bridgehead atoms. The Kier molecular flexibility index (Phi) is 3.12. The van der Waals surface area contributed by atoms with Gasteiger partial charge in [0.2, 0.25) is 0 Å². The molecular weight excluding hydrogens is 196 g/mol. The van der Waals surface area contributed by atoms with E-state index in [1.807, 2.05) is 6.92 Å². The number of ketones is 1. The zero-order chi connectivity index (χ0) is 11.6. The molecule has 1 heterocycles. The quantitative estimate of drug-likeness (QED) is 0.670. The number of hydrogen-bond acceptors (Lipinski definition) is 3. The molecule has 0 aromatic heterocycles. The summed E-state index contributed by atoms with van der Waals surface area (Å²) >= 11 is 0. The zero-order valence-corrected chi connectivity index (χ0v) is 9.22. The summed E-state index contributed by atoms with van der Waals surface area (Å²) in [5.74, 6) is -0.487. The van der Waals surface area contributed by atoms with Crippen molar-refractivity contribution in [1.29, 1.82) is 0 Å². The first kappa shape index (κ1) is 11.7.